The van der Waals surface area contributed by atoms with Crippen LogP contribution in [0.2, 0.25) is 0 Å². The van der Waals surface area contributed by atoms with Gasteiger partial charge >= 0.3 is 0 Å². The second-order valence-corrected chi connectivity index (χ2v) is 9.61. The van der Waals surface area contributed by atoms with E-state index in [-0.39, 0.29) is 11.1 Å². The number of fused-ring (bicyclic) bond motifs is 8. The highest BCUT2D eigenvalue weighted by Crippen LogP contribution is 2.37. The predicted molar refractivity (Wildman–Crippen MR) is 111 cm³/mol. The molecule has 0 saturated carbocycles. The van der Waals surface area contributed by atoms with Crippen LogP contribution in [-0.2, 0) is 13.1 Å². The predicted octanol–water partition coefficient (Wildman–Crippen LogP) is 1.51. The van der Waals surface area contributed by atoms with Crippen LogP contribution >= 0.6 is 0 Å². The van der Waals surface area contributed by atoms with Crippen molar-refractivity contribution >= 4 is 0 Å². The molecule has 4 bridgehead atoms. The van der Waals surface area contributed by atoms with Gasteiger partial charge in [-0.15, -0.1) is 0 Å². The lowest BCUT2D eigenvalue weighted by atomic mass is 9.82. The Kier molecular flexibility index (Phi) is 4.06. The van der Waals surface area contributed by atoms with E-state index in [9.17, 15) is 9.59 Å². The summed E-state index contributed by atoms with van der Waals surface area (Å²) in [5, 5.41) is 0. The summed E-state index contributed by atoms with van der Waals surface area (Å²) in [4.78, 5) is 29.7. The van der Waals surface area contributed by atoms with Crippen molar-refractivity contribution in [2.24, 2.45) is 11.8 Å². The Bertz CT molecular complexity index is 974. The van der Waals surface area contributed by atoms with Crippen LogP contribution < -0.4 is 11.1 Å². The summed E-state index contributed by atoms with van der Waals surface area (Å²) in [6.07, 6.45) is 2.42. The van der Waals surface area contributed by atoms with Crippen LogP contribution in [0, 0.1) is 11.8 Å². The third-order valence-electron chi connectivity index (χ3n) is 7.51. The van der Waals surface area contributed by atoms with Crippen molar-refractivity contribution in [3.05, 3.63) is 68.5 Å². The van der Waals surface area contributed by atoms with Crippen LogP contribution in [0.4, 0.5) is 0 Å². The Morgan fingerprint density at radius 1 is 0.655 bits per heavy atom. The Balaban J connectivity index is 1.19. The Morgan fingerprint density at radius 3 is 1.62 bits per heavy atom. The molecule has 2 aromatic heterocycles. The van der Waals surface area contributed by atoms with Gasteiger partial charge in [0.15, 0.2) is 0 Å². The fourth-order valence-electron chi connectivity index (χ4n) is 6.50. The van der Waals surface area contributed by atoms with Gasteiger partial charge in [-0.25, -0.2) is 0 Å². The fraction of sp³-hybridized carbons (Fsp3) is 0.565. The summed E-state index contributed by atoms with van der Waals surface area (Å²) in [5.74, 6) is 2.09. The average molecular weight is 393 g/mol. The first-order valence-electron chi connectivity index (χ1n) is 11.0. The molecule has 6 heteroatoms. The lowest BCUT2D eigenvalue weighted by Gasteiger charge is -2.47. The van der Waals surface area contributed by atoms with E-state index in [1.807, 2.05) is 21.3 Å². The van der Waals surface area contributed by atoms with E-state index in [1.54, 1.807) is 12.1 Å². The van der Waals surface area contributed by atoms with Crippen molar-refractivity contribution in [2.45, 2.75) is 37.8 Å². The van der Waals surface area contributed by atoms with E-state index < -0.39 is 0 Å². The zero-order chi connectivity index (χ0) is 19.5. The number of likely N-dealkylation sites (tertiary alicyclic amines) is 2. The van der Waals surface area contributed by atoms with Crippen LogP contribution in [0.5, 0.6) is 0 Å². The fourth-order valence-corrected chi connectivity index (χ4v) is 6.50. The molecule has 4 atom stereocenters. The van der Waals surface area contributed by atoms with Crippen LogP contribution in [0.1, 0.15) is 36.1 Å². The molecular weight excluding hydrogens is 364 g/mol. The first-order chi connectivity index (χ1) is 14.1. The van der Waals surface area contributed by atoms with Gasteiger partial charge in [-0.1, -0.05) is 12.1 Å². The summed E-state index contributed by atoms with van der Waals surface area (Å²) < 4.78 is 4.02. The molecule has 2 aromatic rings. The van der Waals surface area contributed by atoms with Crippen molar-refractivity contribution in [1.29, 1.82) is 0 Å². The van der Waals surface area contributed by atoms with Crippen LogP contribution in [0.15, 0.2) is 46.0 Å². The van der Waals surface area contributed by atoms with Gasteiger partial charge in [0.05, 0.1) is 6.67 Å². The van der Waals surface area contributed by atoms with E-state index in [1.165, 1.54) is 24.2 Å². The van der Waals surface area contributed by atoms with Gasteiger partial charge in [0, 0.05) is 74.6 Å². The SMILES string of the molecule is O=c1cccc2n1C[C@H]1C[C@@H]2CN(CN2C[C@@H]3C[C@H](C2)c2cccc(=O)n2C3)C1. The van der Waals surface area contributed by atoms with Gasteiger partial charge in [0.2, 0.25) is 0 Å². The molecule has 4 aliphatic heterocycles. The topological polar surface area (TPSA) is 50.5 Å². The number of piperidine rings is 2. The molecule has 29 heavy (non-hydrogen) atoms. The Morgan fingerprint density at radius 2 is 1.14 bits per heavy atom. The molecule has 0 N–H and O–H groups in total. The normalized spacial score (nSPS) is 31.2. The van der Waals surface area contributed by atoms with Crippen LogP contribution in [-0.4, -0.2) is 51.8 Å². The van der Waals surface area contributed by atoms with E-state index in [0.717, 1.165) is 45.9 Å². The molecule has 0 unspecified atom stereocenters. The number of rotatable bonds is 2. The van der Waals surface area contributed by atoms with Crippen LogP contribution in [0.25, 0.3) is 0 Å². The smallest absolute Gasteiger partial charge is 0.250 e. The first kappa shape index (κ1) is 17.7. The van der Waals surface area contributed by atoms with Gasteiger partial charge in [-0.05, 0) is 36.8 Å². The van der Waals surface area contributed by atoms with Gasteiger partial charge < -0.3 is 9.13 Å². The molecular formula is C23H28N4O2. The number of hydrogen-bond acceptors (Lipinski definition) is 4. The molecule has 2 saturated heterocycles. The molecule has 0 spiro atoms. The zero-order valence-corrected chi connectivity index (χ0v) is 16.7. The Labute approximate surface area is 170 Å². The van der Waals surface area contributed by atoms with E-state index in [2.05, 4.69) is 21.9 Å². The van der Waals surface area contributed by atoms with E-state index in [0.29, 0.717) is 23.7 Å². The highest BCUT2D eigenvalue weighted by Gasteiger charge is 2.38. The maximum Gasteiger partial charge on any atom is 0.250 e. The molecule has 0 aliphatic carbocycles. The summed E-state index contributed by atoms with van der Waals surface area (Å²) in [6, 6.07) is 11.5. The number of nitrogens with zero attached hydrogens (tertiary/aromatic N) is 4. The zero-order valence-electron chi connectivity index (χ0n) is 16.7. The Hall–Kier alpha value is -2.18. The molecule has 4 aliphatic rings. The second kappa shape index (κ2) is 6.67. The molecule has 6 nitrogen and oxygen atoms in total. The van der Waals surface area contributed by atoms with Crippen molar-refractivity contribution in [3.63, 3.8) is 0 Å². The minimum absolute atomic E-state index is 0.156. The first-order valence-corrected chi connectivity index (χ1v) is 11.0. The van der Waals surface area contributed by atoms with Crippen molar-refractivity contribution in [2.75, 3.05) is 32.8 Å². The van der Waals surface area contributed by atoms with Crippen LogP contribution in [0.3, 0.4) is 0 Å². The molecule has 6 rings (SSSR count). The molecule has 0 radical (unpaired) electrons. The lowest BCUT2D eigenvalue weighted by molar-refractivity contribution is 0.0266. The summed E-state index contributed by atoms with van der Waals surface area (Å²) >= 11 is 0. The van der Waals surface area contributed by atoms with Gasteiger partial charge in [-0.2, -0.15) is 0 Å². The van der Waals surface area contributed by atoms with Gasteiger partial charge in [0.25, 0.3) is 11.1 Å². The minimum atomic E-state index is 0.156. The quantitative estimate of drug-likeness (QED) is 0.777. The molecule has 2 fully saturated rings. The highest BCUT2D eigenvalue weighted by molar-refractivity contribution is 5.18. The van der Waals surface area contributed by atoms with Gasteiger partial charge in [-0.3, -0.25) is 19.4 Å². The third-order valence-corrected chi connectivity index (χ3v) is 7.51. The number of pyridine rings is 2. The largest absolute Gasteiger partial charge is 0.312 e. The third kappa shape index (κ3) is 3.01. The maximum absolute atomic E-state index is 12.2. The van der Waals surface area contributed by atoms with Crippen molar-refractivity contribution in [3.8, 4) is 0 Å². The van der Waals surface area contributed by atoms with Crippen molar-refractivity contribution < 1.29 is 0 Å². The summed E-state index contributed by atoms with van der Waals surface area (Å²) in [7, 11) is 0. The standard InChI is InChI=1S/C23H28N4O2/c28-22-5-1-3-20-18-7-16(11-26(20)22)9-24(13-18)15-25-10-17-8-19(14-25)21-4-2-6-23(29)27(21)12-17/h1-6,16-19H,7-15H2/t16-,17-,18+,19+/m0/s1. The van der Waals surface area contributed by atoms with Gasteiger partial charge in [0.1, 0.15) is 0 Å². The average Bonchev–Trinajstić information content (AvgIpc) is 2.70. The monoisotopic (exact) mass is 392 g/mol. The summed E-state index contributed by atoms with van der Waals surface area (Å²) in [5.41, 5.74) is 2.76. The second-order valence-electron chi connectivity index (χ2n) is 9.61. The summed E-state index contributed by atoms with van der Waals surface area (Å²) in [6.45, 7) is 6.99. The molecule has 6 heterocycles. The van der Waals surface area contributed by atoms with E-state index >= 15 is 0 Å². The number of aromatic nitrogens is 2. The number of hydrogen-bond donors (Lipinski definition) is 0. The maximum atomic E-state index is 12.2. The minimum Gasteiger partial charge on any atom is -0.312 e. The van der Waals surface area contributed by atoms with E-state index in [4.69, 9.17) is 0 Å². The lowest BCUT2D eigenvalue weighted by Crippen LogP contribution is -2.54. The van der Waals surface area contributed by atoms with Crippen molar-refractivity contribution in [1.82, 2.24) is 18.9 Å². The highest BCUT2D eigenvalue weighted by atomic mass is 16.1. The molecule has 152 valence electrons. The molecule has 0 aromatic carbocycles. The molecule has 0 amide bonds.